The Hall–Kier alpha value is -4.97. The molecule has 1 unspecified atom stereocenters. The Morgan fingerprint density at radius 2 is 0.535 bits per heavy atom. The molecule has 0 heterocycles. The molecular formula is C65H100O6. The molecule has 0 aromatic heterocycles. The second-order valence-electron chi connectivity index (χ2n) is 17.7. The molecule has 0 aliphatic carbocycles. The normalized spacial score (nSPS) is 13.3. The smallest absolute Gasteiger partial charge is 0.306 e. The minimum atomic E-state index is -0.853. The molecule has 1 atom stereocenters. The standard InChI is InChI=1S/C65H100O6/c1-4-7-10-13-16-19-22-25-26-27-28-29-30-31-32-33-34-35-36-37-38-41-43-46-49-52-55-58-64(67)70-61-62(71-65(68)59-56-53-50-47-44-40-24-21-18-15-12-9-6-3)60-69-63(66)57-54-51-48-45-42-39-23-20-17-14-11-8-5-2/h7-12,16-21,25-26,28-29,31-32,39-40,42,44,48,50-51,53,62H,4-6,13-15,22-24,27,30,33-38,41,43,45-47,49,52,54-61H2,1-3H3/b10-7-,11-8-,12-9-,19-16-,20-17-,21-18-,26-25-,29-28-,32-31-,42-39-,44-40-,51-48-,53-50-. The quantitative estimate of drug-likeness (QED) is 0.0262. The predicted octanol–water partition coefficient (Wildman–Crippen LogP) is 19.0. The van der Waals surface area contributed by atoms with E-state index in [4.69, 9.17) is 14.2 Å². The zero-order valence-corrected chi connectivity index (χ0v) is 45.2. The van der Waals surface area contributed by atoms with Crippen LogP contribution < -0.4 is 0 Å². The maximum atomic E-state index is 12.8. The van der Waals surface area contributed by atoms with E-state index in [1.807, 2.05) is 24.3 Å². The molecule has 0 fully saturated rings. The summed E-state index contributed by atoms with van der Waals surface area (Å²) in [5, 5.41) is 0. The number of allylic oxidation sites excluding steroid dienone is 26. The monoisotopic (exact) mass is 977 g/mol. The highest BCUT2D eigenvalue weighted by Gasteiger charge is 2.19. The van der Waals surface area contributed by atoms with Crippen LogP contribution in [0.15, 0.2) is 158 Å². The van der Waals surface area contributed by atoms with E-state index in [1.165, 1.54) is 57.8 Å². The molecule has 71 heavy (non-hydrogen) atoms. The number of unbranched alkanes of at least 4 members (excludes halogenated alkanes) is 11. The average molecular weight is 978 g/mol. The zero-order chi connectivity index (χ0) is 51.4. The molecule has 0 bridgehead atoms. The number of carbonyl (C=O) groups excluding carboxylic acids is 3. The minimum Gasteiger partial charge on any atom is -0.462 e. The molecule has 0 saturated heterocycles. The predicted molar refractivity (Wildman–Crippen MR) is 306 cm³/mol. The van der Waals surface area contributed by atoms with Gasteiger partial charge in [-0.15, -0.1) is 0 Å². The van der Waals surface area contributed by atoms with Crippen LogP contribution >= 0.6 is 0 Å². The van der Waals surface area contributed by atoms with Gasteiger partial charge in [-0.2, -0.15) is 0 Å². The van der Waals surface area contributed by atoms with Crippen LogP contribution in [0.1, 0.15) is 213 Å². The van der Waals surface area contributed by atoms with Gasteiger partial charge in [0.2, 0.25) is 0 Å². The van der Waals surface area contributed by atoms with Crippen molar-refractivity contribution in [2.24, 2.45) is 0 Å². The van der Waals surface area contributed by atoms with Crippen LogP contribution in [0.4, 0.5) is 0 Å². The van der Waals surface area contributed by atoms with Gasteiger partial charge in [-0.25, -0.2) is 0 Å². The molecule has 0 saturated carbocycles. The van der Waals surface area contributed by atoms with E-state index in [2.05, 4.69) is 154 Å². The maximum Gasteiger partial charge on any atom is 0.306 e. The second-order valence-corrected chi connectivity index (χ2v) is 17.7. The molecule has 396 valence electrons. The first-order chi connectivity index (χ1) is 35.0. The van der Waals surface area contributed by atoms with E-state index < -0.39 is 12.1 Å². The number of esters is 3. The van der Waals surface area contributed by atoms with E-state index in [1.54, 1.807) is 0 Å². The lowest BCUT2D eigenvalue weighted by Crippen LogP contribution is -2.30. The van der Waals surface area contributed by atoms with Crippen molar-refractivity contribution in [1.82, 2.24) is 0 Å². The molecule has 6 nitrogen and oxygen atoms in total. The van der Waals surface area contributed by atoms with E-state index in [-0.39, 0.29) is 38.0 Å². The first kappa shape index (κ1) is 66.0. The molecule has 0 aliphatic rings. The summed E-state index contributed by atoms with van der Waals surface area (Å²) in [5.74, 6) is -1.12. The van der Waals surface area contributed by atoms with Crippen LogP contribution in [0.2, 0.25) is 0 Å². The van der Waals surface area contributed by atoms with Crippen molar-refractivity contribution in [3.05, 3.63) is 158 Å². The van der Waals surface area contributed by atoms with Crippen LogP contribution in [-0.4, -0.2) is 37.2 Å². The molecule has 0 aliphatic heterocycles. The number of hydrogen-bond donors (Lipinski definition) is 0. The van der Waals surface area contributed by atoms with Gasteiger partial charge in [0, 0.05) is 19.3 Å². The van der Waals surface area contributed by atoms with Crippen molar-refractivity contribution >= 4 is 17.9 Å². The summed E-state index contributed by atoms with van der Waals surface area (Å²) in [6.07, 6.45) is 84.2. The summed E-state index contributed by atoms with van der Waals surface area (Å²) < 4.78 is 16.7. The first-order valence-electron chi connectivity index (χ1n) is 28.0. The average Bonchev–Trinajstić information content (AvgIpc) is 3.37. The lowest BCUT2D eigenvalue weighted by molar-refractivity contribution is -0.166. The van der Waals surface area contributed by atoms with Crippen molar-refractivity contribution in [3.63, 3.8) is 0 Å². The Morgan fingerprint density at radius 1 is 0.282 bits per heavy atom. The van der Waals surface area contributed by atoms with Crippen molar-refractivity contribution in [3.8, 4) is 0 Å². The summed E-state index contributed by atoms with van der Waals surface area (Å²) in [4.78, 5) is 38.0. The Kier molecular flexibility index (Phi) is 53.6. The fourth-order valence-corrected chi connectivity index (χ4v) is 6.97. The third-order valence-corrected chi connectivity index (χ3v) is 11.0. The van der Waals surface area contributed by atoms with Crippen molar-refractivity contribution in [2.45, 2.75) is 219 Å². The molecule has 0 radical (unpaired) electrons. The summed E-state index contributed by atoms with van der Waals surface area (Å²) in [6, 6.07) is 0. The van der Waals surface area contributed by atoms with Crippen LogP contribution in [-0.2, 0) is 28.6 Å². The fourth-order valence-electron chi connectivity index (χ4n) is 6.97. The third kappa shape index (κ3) is 55.8. The maximum absolute atomic E-state index is 12.8. The fraction of sp³-hybridized carbons (Fsp3) is 0.554. The lowest BCUT2D eigenvalue weighted by Gasteiger charge is -2.18. The molecule has 6 heteroatoms. The van der Waals surface area contributed by atoms with Gasteiger partial charge in [0.1, 0.15) is 13.2 Å². The molecule has 0 aromatic carbocycles. The topological polar surface area (TPSA) is 78.9 Å². The largest absolute Gasteiger partial charge is 0.462 e. The van der Waals surface area contributed by atoms with Crippen LogP contribution in [0.3, 0.4) is 0 Å². The summed E-state index contributed by atoms with van der Waals surface area (Å²) in [6.45, 7) is 6.14. The summed E-state index contributed by atoms with van der Waals surface area (Å²) in [7, 11) is 0. The van der Waals surface area contributed by atoms with E-state index >= 15 is 0 Å². The molecule has 0 N–H and O–H groups in total. The molecular weight excluding hydrogens is 877 g/mol. The summed E-state index contributed by atoms with van der Waals surface area (Å²) >= 11 is 0. The van der Waals surface area contributed by atoms with Gasteiger partial charge in [0.05, 0.1) is 0 Å². The Labute approximate surface area is 435 Å². The van der Waals surface area contributed by atoms with Gasteiger partial charge in [-0.1, -0.05) is 237 Å². The molecule has 0 rings (SSSR count). The van der Waals surface area contributed by atoms with Gasteiger partial charge in [0.15, 0.2) is 6.10 Å². The van der Waals surface area contributed by atoms with Crippen molar-refractivity contribution in [2.75, 3.05) is 13.2 Å². The van der Waals surface area contributed by atoms with E-state index in [0.29, 0.717) is 19.3 Å². The van der Waals surface area contributed by atoms with Gasteiger partial charge in [0.25, 0.3) is 0 Å². The highest BCUT2D eigenvalue weighted by atomic mass is 16.6. The Balaban J connectivity index is 4.39. The molecule has 0 amide bonds. The van der Waals surface area contributed by atoms with Gasteiger partial charge in [-0.3, -0.25) is 14.4 Å². The van der Waals surface area contributed by atoms with Crippen molar-refractivity contribution in [1.29, 1.82) is 0 Å². The van der Waals surface area contributed by atoms with Crippen molar-refractivity contribution < 1.29 is 28.6 Å². The van der Waals surface area contributed by atoms with Crippen LogP contribution in [0, 0.1) is 0 Å². The van der Waals surface area contributed by atoms with E-state index in [0.717, 1.165) is 103 Å². The van der Waals surface area contributed by atoms with Gasteiger partial charge >= 0.3 is 17.9 Å². The first-order valence-corrected chi connectivity index (χ1v) is 28.0. The lowest BCUT2D eigenvalue weighted by atomic mass is 10.0. The van der Waals surface area contributed by atoms with Gasteiger partial charge < -0.3 is 14.2 Å². The number of carbonyl (C=O) groups is 3. The minimum absolute atomic E-state index is 0.137. The van der Waals surface area contributed by atoms with Crippen LogP contribution in [0.5, 0.6) is 0 Å². The van der Waals surface area contributed by atoms with Crippen LogP contribution in [0.25, 0.3) is 0 Å². The Morgan fingerprint density at radius 3 is 0.873 bits per heavy atom. The number of hydrogen-bond acceptors (Lipinski definition) is 6. The zero-order valence-electron chi connectivity index (χ0n) is 45.2. The highest BCUT2D eigenvalue weighted by Crippen LogP contribution is 2.14. The molecule has 0 spiro atoms. The van der Waals surface area contributed by atoms with Gasteiger partial charge in [-0.05, 0) is 116 Å². The number of rotatable bonds is 48. The second kappa shape index (κ2) is 57.6. The number of ether oxygens (including phenoxy) is 3. The SMILES string of the molecule is CC/C=C\C/C=C\C/C=C\C/C=C\C/C=C\CCCCCCCCCCCCCC(=O)OCC(COC(=O)CC/C=C\C/C=C\C/C=C\C/C=C\CC)OC(=O)CC/C=C\C/C=C\C/C=C\C/C=C\CC. The molecule has 0 aromatic rings. The highest BCUT2D eigenvalue weighted by molar-refractivity contribution is 5.71. The van der Waals surface area contributed by atoms with E-state index in [9.17, 15) is 14.4 Å². The third-order valence-electron chi connectivity index (χ3n) is 11.0. The Bertz CT molecular complexity index is 1640. The summed E-state index contributed by atoms with van der Waals surface area (Å²) in [5.41, 5.74) is 0.